The van der Waals surface area contributed by atoms with Gasteiger partial charge in [-0.25, -0.2) is 0 Å². The van der Waals surface area contributed by atoms with Crippen molar-refractivity contribution in [1.82, 2.24) is 0 Å². The van der Waals surface area contributed by atoms with Gasteiger partial charge in [0.25, 0.3) is 0 Å². The summed E-state index contributed by atoms with van der Waals surface area (Å²) in [6, 6.07) is 86.1. The number of benzene rings is 10. The second kappa shape index (κ2) is 15.3. The highest BCUT2D eigenvalue weighted by atomic mass is 32.1. The highest BCUT2D eigenvalue weighted by Crippen LogP contribution is 2.46. The molecule has 1 nitrogen and oxygen atoms in total. The zero-order valence-electron chi connectivity index (χ0n) is 32.9. The molecule has 0 aliphatic carbocycles. The molecule has 0 atom stereocenters. The Kier molecular flexibility index (Phi) is 9.11. The van der Waals surface area contributed by atoms with Crippen molar-refractivity contribution in [1.29, 1.82) is 0 Å². The highest BCUT2D eigenvalue weighted by Gasteiger charge is 2.21. The Morgan fingerprint density at radius 3 is 1.57 bits per heavy atom. The van der Waals surface area contributed by atoms with Crippen LogP contribution in [0.5, 0.6) is 0 Å². The molecule has 10 aromatic carbocycles. The van der Waals surface area contributed by atoms with Crippen molar-refractivity contribution in [2.24, 2.45) is 0 Å². The maximum Gasteiger partial charge on any atom is 0.0540 e. The van der Waals surface area contributed by atoms with Crippen molar-refractivity contribution in [3.8, 4) is 55.6 Å². The van der Waals surface area contributed by atoms with E-state index in [1.165, 1.54) is 86.6 Å². The molecule has 0 aliphatic heterocycles. The first-order valence-electron chi connectivity index (χ1n) is 20.5. The standard InChI is InChI=1S/C58H39NS/c1-3-15-40(16-4-1)41-31-33-42(34-32-41)43-35-37-47(38-36-43)59(48-22-11-21-46(39-48)50-26-14-28-54-52-24-8-10-30-56(52)60-58(50)54)55-29-9-7-23-51(55)53-27-13-20-45-19-12-25-49(57(45)53)44-17-5-2-6-18-44/h1-39H. The summed E-state index contributed by atoms with van der Waals surface area (Å²) in [5, 5.41) is 5.08. The smallest absolute Gasteiger partial charge is 0.0540 e. The number of anilines is 3. The van der Waals surface area contributed by atoms with Crippen molar-refractivity contribution < 1.29 is 0 Å². The van der Waals surface area contributed by atoms with Crippen LogP contribution in [0.25, 0.3) is 86.6 Å². The fourth-order valence-electron chi connectivity index (χ4n) is 8.82. The van der Waals surface area contributed by atoms with Crippen LogP contribution in [0, 0.1) is 0 Å². The third-order valence-corrected chi connectivity index (χ3v) is 12.9. The van der Waals surface area contributed by atoms with E-state index < -0.39 is 0 Å². The van der Waals surface area contributed by atoms with Crippen LogP contribution in [0.2, 0.25) is 0 Å². The molecule has 0 radical (unpaired) electrons. The minimum absolute atomic E-state index is 1.09. The minimum atomic E-state index is 1.09. The Morgan fingerprint density at radius 2 is 0.817 bits per heavy atom. The van der Waals surface area contributed by atoms with Crippen molar-refractivity contribution in [3.05, 3.63) is 237 Å². The number of hydrogen-bond acceptors (Lipinski definition) is 2. The summed E-state index contributed by atoms with van der Waals surface area (Å²) in [6.45, 7) is 0. The number of rotatable bonds is 8. The van der Waals surface area contributed by atoms with Gasteiger partial charge in [0.2, 0.25) is 0 Å². The van der Waals surface area contributed by atoms with Gasteiger partial charge in [0.15, 0.2) is 0 Å². The molecular formula is C58H39NS. The van der Waals surface area contributed by atoms with Gasteiger partial charge in [0.1, 0.15) is 0 Å². The van der Waals surface area contributed by atoms with E-state index in [0.717, 1.165) is 17.1 Å². The van der Waals surface area contributed by atoms with Gasteiger partial charge < -0.3 is 4.90 Å². The second-order valence-electron chi connectivity index (χ2n) is 15.2. The fourth-order valence-corrected chi connectivity index (χ4v) is 10.1. The molecule has 2 heteroatoms. The summed E-state index contributed by atoms with van der Waals surface area (Å²) in [5.41, 5.74) is 15.4. The summed E-state index contributed by atoms with van der Waals surface area (Å²) in [7, 11) is 0. The molecule has 0 bridgehead atoms. The van der Waals surface area contributed by atoms with Crippen molar-refractivity contribution >= 4 is 59.3 Å². The lowest BCUT2D eigenvalue weighted by atomic mass is 9.90. The average Bonchev–Trinajstić information content (AvgIpc) is 3.72. The molecular weight excluding hydrogens is 743 g/mol. The molecule has 60 heavy (non-hydrogen) atoms. The molecule has 0 amide bonds. The fraction of sp³-hybridized carbons (Fsp3) is 0. The van der Waals surface area contributed by atoms with E-state index in [-0.39, 0.29) is 0 Å². The Labute approximate surface area is 354 Å². The van der Waals surface area contributed by atoms with Crippen LogP contribution in [0.3, 0.4) is 0 Å². The first kappa shape index (κ1) is 35.6. The highest BCUT2D eigenvalue weighted by molar-refractivity contribution is 7.26. The molecule has 1 heterocycles. The molecule has 0 saturated heterocycles. The molecule has 0 spiro atoms. The van der Waals surface area contributed by atoms with Gasteiger partial charge in [-0.2, -0.15) is 0 Å². The van der Waals surface area contributed by atoms with E-state index in [1.807, 2.05) is 11.3 Å². The number of nitrogens with zero attached hydrogens (tertiary/aromatic N) is 1. The van der Waals surface area contributed by atoms with Crippen molar-refractivity contribution in [2.75, 3.05) is 4.90 Å². The average molecular weight is 782 g/mol. The van der Waals surface area contributed by atoms with Crippen molar-refractivity contribution in [3.63, 3.8) is 0 Å². The first-order chi connectivity index (χ1) is 29.8. The van der Waals surface area contributed by atoms with Crippen LogP contribution in [-0.4, -0.2) is 0 Å². The van der Waals surface area contributed by atoms with Crippen LogP contribution < -0.4 is 4.90 Å². The molecule has 0 unspecified atom stereocenters. The topological polar surface area (TPSA) is 3.24 Å². The van der Waals surface area contributed by atoms with Gasteiger partial charge in [-0.1, -0.05) is 200 Å². The third kappa shape index (κ3) is 6.44. The normalized spacial score (nSPS) is 11.3. The predicted octanol–water partition coefficient (Wildman–Crippen LogP) is 17.0. The summed E-state index contributed by atoms with van der Waals surface area (Å²) in [6.07, 6.45) is 0. The molecule has 11 aromatic rings. The van der Waals surface area contributed by atoms with Gasteiger partial charge in [-0.05, 0) is 97.2 Å². The zero-order chi connectivity index (χ0) is 39.8. The van der Waals surface area contributed by atoms with E-state index >= 15 is 0 Å². The number of hydrogen-bond donors (Lipinski definition) is 0. The van der Waals surface area contributed by atoms with Crippen LogP contribution in [0.4, 0.5) is 17.1 Å². The first-order valence-corrected chi connectivity index (χ1v) is 21.3. The number of thiophene rings is 1. The monoisotopic (exact) mass is 781 g/mol. The van der Waals surface area contributed by atoms with Gasteiger partial charge in [-0.15, -0.1) is 11.3 Å². The maximum absolute atomic E-state index is 2.44. The lowest BCUT2D eigenvalue weighted by molar-refractivity contribution is 1.28. The molecule has 282 valence electrons. The number of para-hydroxylation sites is 1. The lowest BCUT2D eigenvalue weighted by Gasteiger charge is -2.29. The summed E-state index contributed by atoms with van der Waals surface area (Å²) >= 11 is 1.88. The largest absolute Gasteiger partial charge is 0.310 e. The SMILES string of the molecule is c1ccc(-c2ccc(-c3ccc(N(c4cccc(-c5cccc6c5sc5ccccc56)c4)c4ccccc4-c4cccc5cccc(-c6ccccc6)c45)cc3)cc2)cc1. The van der Waals surface area contributed by atoms with Gasteiger partial charge in [0.05, 0.1) is 5.69 Å². The zero-order valence-corrected chi connectivity index (χ0v) is 33.7. The molecule has 0 fully saturated rings. The van der Waals surface area contributed by atoms with Crippen LogP contribution in [0.15, 0.2) is 237 Å². The predicted molar refractivity (Wildman–Crippen MR) is 259 cm³/mol. The third-order valence-electron chi connectivity index (χ3n) is 11.7. The van der Waals surface area contributed by atoms with E-state index in [0.29, 0.717) is 0 Å². The lowest BCUT2D eigenvalue weighted by Crippen LogP contribution is -2.11. The summed E-state index contributed by atoms with van der Waals surface area (Å²) < 4.78 is 2.63. The van der Waals surface area contributed by atoms with Crippen LogP contribution in [0.1, 0.15) is 0 Å². The van der Waals surface area contributed by atoms with Crippen LogP contribution >= 0.6 is 11.3 Å². The second-order valence-corrected chi connectivity index (χ2v) is 16.3. The van der Waals surface area contributed by atoms with Gasteiger partial charge in [0, 0.05) is 37.1 Å². The molecule has 11 rings (SSSR count). The summed E-state index contributed by atoms with van der Waals surface area (Å²) in [4.78, 5) is 2.44. The number of fused-ring (bicyclic) bond motifs is 4. The van der Waals surface area contributed by atoms with E-state index in [1.54, 1.807) is 0 Å². The molecule has 0 saturated carbocycles. The Bertz CT molecular complexity index is 3290. The minimum Gasteiger partial charge on any atom is -0.310 e. The molecule has 0 N–H and O–H groups in total. The van der Waals surface area contributed by atoms with Crippen molar-refractivity contribution in [2.45, 2.75) is 0 Å². The van der Waals surface area contributed by atoms with Gasteiger partial charge in [-0.3, -0.25) is 0 Å². The van der Waals surface area contributed by atoms with E-state index in [4.69, 9.17) is 0 Å². The van der Waals surface area contributed by atoms with Crippen LogP contribution in [-0.2, 0) is 0 Å². The summed E-state index contributed by atoms with van der Waals surface area (Å²) in [5.74, 6) is 0. The van der Waals surface area contributed by atoms with E-state index in [2.05, 4.69) is 241 Å². The quantitative estimate of drug-likeness (QED) is 0.148. The van der Waals surface area contributed by atoms with E-state index in [9.17, 15) is 0 Å². The Hall–Kier alpha value is -7.52. The van der Waals surface area contributed by atoms with Gasteiger partial charge >= 0.3 is 0 Å². The Morgan fingerprint density at radius 1 is 0.300 bits per heavy atom. The maximum atomic E-state index is 2.44. The Balaban J connectivity index is 1.08. The molecule has 0 aliphatic rings. The molecule has 1 aromatic heterocycles.